The van der Waals surface area contributed by atoms with E-state index in [9.17, 15) is 9.59 Å². The molecule has 1 N–H and O–H groups in total. The van der Waals surface area contributed by atoms with Crippen LogP contribution in [-0.4, -0.2) is 17.9 Å². The van der Waals surface area contributed by atoms with Gasteiger partial charge in [0.05, 0.1) is 12.1 Å². The SMILES string of the molecule is CCc1ccccc1NC1CC(=O)N(c2ccc(C)c(C)c2)C1=O. The maximum absolute atomic E-state index is 12.8. The van der Waals surface area contributed by atoms with Crippen molar-refractivity contribution in [2.24, 2.45) is 0 Å². The lowest BCUT2D eigenvalue weighted by atomic mass is 10.1. The van der Waals surface area contributed by atoms with Crippen LogP contribution in [0.25, 0.3) is 0 Å². The summed E-state index contributed by atoms with van der Waals surface area (Å²) in [5, 5.41) is 3.25. The van der Waals surface area contributed by atoms with Crippen molar-refractivity contribution in [3.63, 3.8) is 0 Å². The summed E-state index contributed by atoms with van der Waals surface area (Å²) in [6, 6.07) is 13.1. The fourth-order valence-electron chi connectivity index (χ4n) is 3.04. The second-order valence-electron chi connectivity index (χ2n) is 6.25. The minimum atomic E-state index is -0.508. The van der Waals surface area contributed by atoms with Gasteiger partial charge in [0.1, 0.15) is 6.04 Å². The van der Waals surface area contributed by atoms with Crippen molar-refractivity contribution in [2.45, 2.75) is 39.7 Å². The molecule has 4 heteroatoms. The van der Waals surface area contributed by atoms with Gasteiger partial charge in [-0.25, -0.2) is 4.90 Å². The van der Waals surface area contributed by atoms with Crippen molar-refractivity contribution >= 4 is 23.2 Å². The maximum atomic E-state index is 12.8. The third-order valence-electron chi connectivity index (χ3n) is 4.62. The molecule has 0 bridgehead atoms. The summed E-state index contributed by atoms with van der Waals surface area (Å²) in [5.41, 5.74) is 4.93. The summed E-state index contributed by atoms with van der Waals surface area (Å²) >= 11 is 0. The van der Waals surface area contributed by atoms with Crippen LogP contribution in [0.2, 0.25) is 0 Å². The Bertz CT molecular complexity index is 798. The van der Waals surface area contributed by atoms with Crippen LogP contribution >= 0.6 is 0 Å². The smallest absolute Gasteiger partial charge is 0.256 e. The molecule has 4 nitrogen and oxygen atoms in total. The van der Waals surface area contributed by atoms with Crippen molar-refractivity contribution in [1.82, 2.24) is 0 Å². The molecule has 0 saturated carbocycles. The molecule has 2 amide bonds. The predicted molar refractivity (Wildman–Crippen MR) is 96.3 cm³/mol. The van der Waals surface area contributed by atoms with Crippen molar-refractivity contribution in [2.75, 3.05) is 10.2 Å². The van der Waals surface area contributed by atoms with Crippen molar-refractivity contribution in [3.05, 3.63) is 59.2 Å². The molecule has 0 aromatic heterocycles. The Hall–Kier alpha value is -2.62. The van der Waals surface area contributed by atoms with Gasteiger partial charge in [0.15, 0.2) is 0 Å². The molecule has 2 aromatic carbocycles. The minimum absolute atomic E-state index is 0.158. The number of rotatable bonds is 4. The number of carbonyl (C=O) groups excluding carboxylic acids is 2. The van der Waals surface area contributed by atoms with E-state index in [4.69, 9.17) is 0 Å². The van der Waals surface area contributed by atoms with Gasteiger partial charge in [0.2, 0.25) is 5.91 Å². The highest BCUT2D eigenvalue weighted by Crippen LogP contribution is 2.27. The lowest BCUT2D eigenvalue weighted by Crippen LogP contribution is -2.35. The molecular weight excluding hydrogens is 300 g/mol. The van der Waals surface area contributed by atoms with E-state index in [0.29, 0.717) is 5.69 Å². The molecule has 1 aliphatic heterocycles. The molecule has 24 heavy (non-hydrogen) atoms. The number of anilines is 2. The highest BCUT2D eigenvalue weighted by atomic mass is 16.2. The van der Waals surface area contributed by atoms with E-state index < -0.39 is 6.04 Å². The van der Waals surface area contributed by atoms with Crippen LogP contribution < -0.4 is 10.2 Å². The van der Waals surface area contributed by atoms with Gasteiger partial charge >= 0.3 is 0 Å². The van der Waals surface area contributed by atoms with Gasteiger partial charge in [-0.1, -0.05) is 31.2 Å². The van der Waals surface area contributed by atoms with Crippen molar-refractivity contribution in [1.29, 1.82) is 0 Å². The molecule has 1 saturated heterocycles. The molecule has 0 radical (unpaired) electrons. The zero-order chi connectivity index (χ0) is 17.3. The van der Waals surface area contributed by atoms with E-state index in [1.807, 2.05) is 56.3 Å². The van der Waals surface area contributed by atoms with Gasteiger partial charge in [0, 0.05) is 5.69 Å². The van der Waals surface area contributed by atoms with E-state index in [0.717, 1.165) is 28.8 Å². The van der Waals surface area contributed by atoms with Gasteiger partial charge in [0.25, 0.3) is 5.91 Å². The largest absolute Gasteiger partial charge is 0.373 e. The lowest BCUT2D eigenvalue weighted by molar-refractivity contribution is -0.121. The summed E-state index contributed by atoms with van der Waals surface area (Å²) in [5.74, 6) is -0.344. The first kappa shape index (κ1) is 16.2. The quantitative estimate of drug-likeness (QED) is 0.875. The number of imide groups is 1. The van der Waals surface area contributed by atoms with E-state index in [1.54, 1.807) is 0 Å². The molecule has 0 aliphatic carbocycles. The molecule has 1 fully saturated rings. The van der Waals surface area contributed by atoms with Crippen LogP contribution in [-0.2, 0) is 16.0 Å². The molecule has 1 unspecified atom stereocenters. The van der Waals surface area contributed by atoms with Crippen LogP contribution in [0.5, 0.6) is 0 Å². The Balaban J connectivity index is 1.85. The van der Waals surface area contributed by atoms with Crippen LogP contribution in [0.4, 0.5) is 11.4 Å². The highest BCUT2D eigenvalue weighted by Gasteiger charge is 2.39. The Morgan fingerprint density at radius 2 is 1.83 bits per heavy atom. The molecular formula is C20H22N2O2. The average Bonchev–Trinajstić information content (AvgIpc) is 2.85. The Labute approximate surface area is 142 Å². The normalized spacial score (nSPS) is 17.5. The third-order valence-corrected chi connectivity index (χ3v) is 4.62. The average molecular weight is 322 g/mol. The third kappa shape index (κ3) is 2.92. The van der Waals surface area contributed by atoms with Crippen LogP contribution in [0, 0.1) is 13.8 Å². The number of aryl methyl sites for hydroxylation is 3. The number of nitrogens with zero attached hydrogens (tertiary/aromatic N) is 1. The van der Waals surface area contributed by atoms with E-state index in [1.165, 1.54) is 4.90 Å². The van der Waals surface area contributed by atoms with Gasteiger partial charge in [-0.3, -0.25) is 9.59 Å². The minimum Gasteiger partial charge on any atom is -0.373 e. The van der Waals surface area contributed by atoms with E-state index >= 15 is 0 Å². The number of hydrogen-bond donors (Lipinski definition) is 1. The maximum Gasteiger partial charge on any atom is 0.256 e. The van der Waals surface area contributed by atoms with Gasteiger partial charge in [-0.05, 0) is 55.2 Å². The number of amides is 2. The topological polar surface area (TPSA) is 49.4 Å². The summed E-state index contributed by atoms with van der Waals surface area (Å²) in [4.78, 5) is 26.5. The van der Waals surface area contributed by atoms with Gasteiger partial charge in [-0.2, -0.15) is 0 Å². The summed E-state index contributed by atoms with van der Waals surface area (Å²) < 4.78 is 0. The second-order valence-corrected chi connectivity index (χ2v) is 6.25. The highest BCUT2D eigenvalue weighted by molar-refractivity contribution is 6.23. The Morgan fingerprint density at radius 1 is 1.08 bits per heavy atom. The van der Waals surface area contributed by atoms with Gasteiger partial charge < -0.3 is 5.32 Å². The Kier molecular flexibility index (Phi) is 4.38. The zero-order valence-corrected chi connectivity index (χ0v) is 14.3. The van der Waals surface area contributed by atoms with Crippen LogP contribution in [0.3, 0.4) is 0 Å². The van der Waals surface area contributed by atoms with E-state index in [2.05, 4.69) is 12.2 Å². The number of para-hydroxylation sites is 1. The van der Waals surface area contributed by atoms with Crippen molar-refractivity contribution in [3.8, 4) is 0 Å². The zero-order valence-electron chi connectivity index (χ0n) is 14.3. The molecule has 124 valence electrons. The molecule has 1 aliphatic rings. The first-order chi connectivity index (χ1) is 11.5. The molecule has 2 aromatic rings. The second kappa shape index (κ2) is 6.48. The molecule has 0 spiro atoms. The molecule has 3 rings (SSSR count). The fourth-order valence-corrected chi connectivity index (χ4v) is 3.04. The molecule has 1 atom stereocenters. The summed E-state index contributed by atoms with van der Waals surface area (Å²) in [6.45, 7) is 6.07. The summed E-state index contributed by atoms with van der Waals surface area (Å²) in [6.07, 6.45) is 1.06. The van der Waals surface area contributed by atoms with Crippen molar-refractivity contribution < 1.29 is 9.59 Å². The number of benzene rings is 2. The van der Waals surface area contributed by atoms with Crippen LogP contribution in [0.15, 0.2) is 42.5 Å². The first-order valence-electron chi connectivity index (χ1n) is 8.29. The number of nitrogens with one attached hydrogen (secondary N) is 1. The van der Waals surface area contributed by atoms with Gasteiger partial charge in [-0.15, -0.1) is 0 Å². The predicted octanol–water partition coefficient (Wildman–Crippen LogP) is 3.61. The lowest BCUT2D eigenvalue weighted by Gasteiger charge is -2.18. The monoisotopic (exact) mass is 322 g/mol. The fraction of sp³-hybridized carbons (Fsp3) is 0.300. The number of hydrogen-bond acceptors (Lipinski definition) is 3. The Morgan fingerprint density at radius 3 is 2.54 bits per heavy atom. The first-order valence-corrected chi connectivity index (χ1v) is 8.29. The standard InChI is InChI=1S/C20H22N2O2/c1-4-15-7-5-6-8-17(15)21-18-12-19(23)22(20(18)24)16-10-9-13(2)14(3)11-16/h5-11,18,21H,4,12H2,1-3H3. The van der Waals surface area contributed by atoms with Crippen LogP contribution in [0.1, 0.15) is 30.0 Å². The summed E-state index contributed by atoms with van der Waals surface area (Å²) in [7, 11) is 0. The molecule has 1 heterocycles. The number of carbonyl (C=O) groups is 2. The van der Waals surface area contributed by atoms with E-state index in [-0.39, 0.29) is 18.2 Å².